The van der Waals surface area contributed by atoms with Crippen LogP contribution in [0.3, 0.4) is 0 Å². The first-order chi connectivity index (χ1) is 6.83. The van der Waals surface area contributed by atoms with Gasteiger partial charge in [0.05, 0.1) is 5.69 Å². The van der Waals surface area contributed by atoms with E-state index in [2.05, 4.69) is 9.72 Å². The van der Waals surface area contributed by atoms with Gasteiger partial charge in [0.25, 0.3) is 0 Å². The molecule has 0 aliphatic heterocycles. The number of hydrogen-bond acceptors (Lipinski definition) is 3. The van der Waals surface area contributed by atoms with Crippen LogP contribution in [-0.2, 0) is 6.54 Å². The van der Waals surface area contributed by atoms with Gasteiger partial charge in [-0.1, -0.05) is 0 Å². The van der Waals surface area contributed by atoms with Crippen molar-refractivity contribution in [2.45, 2.75) is 19.8 Å². The Balaban J connectivity index is 3.15. The van der Waals surface area contributed by atoms with Crippen molar-refractivity contribution in [1.82, 2.24) is 4.98 Å². The summed E-state index contributed by atoms with van der Waals surface area (Å²) in [4.78, 5) is 3.87. The minimum atomic E-state index is -4.72. The average molecular weight is 332 g/mol. The lowest BCUT2D eigenvalue weighted by atomic mass is 10.2. The van der Waals surface area contributed by atoms with Crippen LogP contribution in [-0.4, -0.2) is 11.3 Å². The summed E-state index contributed by atoms with van der Waals surface area (Å²) in [6, 6.07) is 1.50. The second-order valence-corrected chi connectivity index (χ2v) is 3.89. The zero-order valence-electron chi connectivity index (χ0n) is 7.73. The highest BCUT2D eigenvalue weighted by Gasteiger charge is 2.33. The summed E-state index contributed by atoms with van der Waals surface area (Å²) in [6.07, 6.45) is -4.72. The number of rotatable bonds is 2. The lowest BCUT2D eigenvalue weighted by Crippen LogP contribution is -2.20. The third-order valence-corrected chi connectivity index (χ3v) is 2.16. The summed E-state index contributed by atoms with van der Waals surface area (Å²) in [5, 5.41) is 0. The Morgan fingerprint density at radius 1 is 1.53 bits per heavy atom. The van der Waals surface area contributed by atoms with Crippen LogP contribution in [0.25, 0.3) is 0 Å². The van der Waals surface area contributed by atoms with E-state index in [4.69, 9.17) is 5.73 Å². The van der Waals surface area contributed by atoms with Crippen LogP contribution < -0.4 is 10.5 Å². The fourth-order valence-electron chi connectivity index (χ4n) is 1.08. The van der Waals surface area contributed by atoms with Crippen LogP contribution in [0.1, 0.15) is 11.3 Å². The van der Waals surface area contributed by atoms with Gasteiger partial charge in [0.1, 0.15) is 3.70 Å². The molecule has 7 heteroatoms. The standard InChI is InChI=1S/C8H8F3IN2O/c1-4-2-6(12)14-5(3-13)7(4)15-8(9,10)11/h2H,3,13H2,1H3. The fraction of sp³-hybridized carbons (Fsp3) is 0.375. The van der Waals surface area contributed by atoms with E-state index >= 15 is 0 Å². The van der Waals surface area contributed by atoms with E-state index in [1.807, 2.05) is 22.6 Å². The molecular formula is C8H8F3IN2O. The molecule has 0 atom stereocenters. The van der Waals surface area contributed by atoms with Crippen LogP contribution in [0.15, 0.2) is 6.07 Å². The Hall–Kier alpha value is -0.570. The Morgan fingerprint density at radius 3 is 2.60 bits per heavy atom. The highest BCUT2D eigenvalue weighted by molar-refractivity contribution is 14.1. The largest absolute Gasteiger partial charge is 0.573 e. The fourth-order valence-corrected chi connectivity index (χ4v) is 1.84. The molecule has 0 saturated heterocycles. The van der Waals surface area contributed by atoms with Crippen LogP contribution in [0.2, 0.25) is 0 Å². The van der Waals surface area contributed by atoms with Gasteiger partial charge in [0.15, 0.2) is 5.75 Å². The quantitative estimate of drug-likeness (QED) is 0.668. The number of pyridine rings is 1. The molecule has 0 unspecified atom stereocenters. The van der Waals surface area contributed by atoms with Crippen molar-refractivity contribution in [1.29, 1.82) is 0 Å². The Bertz CT molecular complexity index is 368. The van der Waals surface area contributed by atoms with E-state index in [-0.39, 0.29) is 18.0 Å². The highest BCUT2D eigenvalue weighted by Crippen LogP contribution is 2.29. The highest BCUT2D eigenvalue weighted by atomic mass is 127. The zero-order chi connectivity index (χ0) is 11.6. The van der Waals surface area contributed by atoms with E-state index in [9.17, 15) is 13.2 Å². The van der Waals surface area contributed by atoms with Crippen LogP contribution in [0.5, 0.6) is 5.75 Å². The third-order valence-electron chi connectivity index (χ3n) is 1.61. The van der Waals surface area contributed by atoms with Gasteiger partial charge in [-0.3, -0.25) is 0 Å². The van der Waals surface area contributed by atoms with E-state index in [1.165, 1.54) is 13.0 Å². The van der Waals surface area contributed by atoms with E-state index < -0.39 is 6.36 Å². The molecule has 0 aliphatic rings. The normalized spacial score (nSPS) is 11.6. The molecule has 1 aromatic heterocycles. The molecule has 0 radical (unpaired) electrons. The Labute approximate surface area is 98.0 Å². The molecule has 1 heterocycles. The number of halogens is 4. The molecule has 1 aromatic rings. The van der Waals surface area contributed by atoms with Crippen molar-refractivity contribution in [2.75, 3.05) is 0 Å². The molecule has 0 spiro atoms. The van der Waals surface area contributed by atoms with E-state index in [0.717, 1.165) is 0 Å². The summed E-state index contributed by atoms with van der Waals surface area (Å²) < 4.78 is 40.6. The van der Waals surface area contributed by atoms with Crippen molar-refractivity contribution in [3.8, 4) is 5.75 Å². The summed E-state index contributed by atoms with van der Waals surface area (Å²) in [7, 11) is 0. The van der Waals surface area contributed by atoms with Gasteiger partial charge < -0.3 is 10.5 Å². The number of alkyl halides is 3. The van der Waals surface area contributed by atoms with Crippen LogP contribution in [0.4, 0.5) is 13.2 Å². The maximum Gasteiger partial charge on any atom is 0.573 e. The van der Waals surface area contributed by atoms with Gasteiger partial charge in [-0.2, -0.15) is 0 Å². The monoisotopic (exact) mass is 332 g/mol. The minimum absolute atomic E-state index is 0.0942. The predicted octanol–water partition coefficient (Wildman–Crippen LogP) is 2.35. The predicted molar refractivity (Wildman–Crippen MR) is 56.3 cm³/mol. The molecule has 0 amide bonds. The zero-order valence-corrected chi connectivity index (χ0v) is 9.89. The number of nitrogens with zero attached hydrogens (tertiary/aromatic N) is 1. The molecule has 3 nitrogen and oxygen atoms in total. The number of aromatic nitrogens is 1. The molecule has 0 bridgehead atoms. The molecular weight excluding hydrogens is 324 g/mol. The number of aryl methyl sites for hydroxylation is 1. The van der Waals surface area contributed by atoms with Gasteiger partial charge in [-0.15, -0.1) is 13.2 Å². The van der Waals surface area contributed by atoms with Crippen LogP contribution >= 0.6 is 22.6 Å². The van der Waals surface area contributed by atoms with Crippen LogP contribution in [0, 0.1) is 10.6 Å². The minimum Gasteiger partial charge on any atom is -0.403 e. The van der Waals surface area contributed by atoms with Gasteiger partial charge in [-0.25, -0.2) is 4.98 Å². The van der Waals surface area contributed by atoms with E-state index in [0.29, 0.717) is 9.26 Å². The maximum atomic E-state index is 12.0. The topological polar surface area (TPSA) is 48.1 Å². The number of ether oxygens (including phenoxy) is 1. The summed E-state index contributed by atoms with van der Waals surface area (Å²) in [6.45, 7) is 1.42. The van der Waals surface area contributed by atoms with Gasteiger partial charge in [0.2, 0.25) is 0 Å². The lowest BCUT2D eigenvalue weighted by molar-refractivity contribution is -0.275. The average Bonchev–Trinajstić information content (AvgIpc) is 2.07. The van der Waals surface area contributed by atoms with Crippen molar-refractivity contribution in [3.63, 3.8) is 0 Å². The van der Waals surface area contributed by atoms with Gasteiger partial charge in [0, 0.05) is 6.54 Å². The maximum absolute atomic E-state index is 12.0. The summed E-state index contributed by atoms with van der Waals surface area (Å²) in [5.41, 5.74) is 5.77. The second-order valence-electron chi connectivity index (χ2n) is 2.79. The van der Waals surface area contributed by atoms with E-state index in [1.54, 1.807) is 0 Å². The first-order valence-electron chi connectivity index (χ1n) is 3.95. The van der Waals surface area contributed by atoms with Crippen molar-refractivity contribution >= 4 is 22.6 Å². The molecule has 15 heavy (non-hydrogen) atoms. The molecule has 84 valence electrons. The van der Waals surface area contributed by atoms with Crippen molar-refractivity contribution < 1.29 is 17.9 Å². The summed E-state index contributed by atoms with van der Waals surface area (Å²) in [5.74, 6) is -0.301. The molecule has 1 rings (SSSR count). The molecule has 0 aromatic carbocycles. The molecule has 0 fully saturated rings. The van der Waals surface area contributed by atoms with Gasteiger partial charge in [-0.05, 0) is 41.1 Å². The molecule has 0 aliphatic carbocycles. The van der Waals surface area contributed by atoms with Crippen molar-refractivity contribution in [2.24, 2.45) is 5.73 Å². The summed E-state index contributed by atoms with van der Waals surface area (Å²) >= 11 is 1.90. The molecule has 0 saturated carbocycles. The first-order valence-corrected chi connectivity index (χ1v) is 5.03. The van der Waals surface area contributed by atoms with Crippen molar-refractivity contribution in [3.05, 3.63) is 21.0 Å². The SMILES string of the molecule is Cc1cc(I)nc(CN)c1OC(F)(F)F. The Kier molecular flexibility index (Phi) is 3.77. The Morgan fingerprint density at radius 2 is 2.13 bits per heavy atom. The first kappa shape index (κ1) is 12.5. The second kappa shape index (κ2) is 4.52. The molecule has 2 N–H and O–H groups in total. The van der Waals surface area contributed by atoms with Gasteiger partial charge >= 0.3 is 6.36 Å². The smallest absolute Gasteiger partial charge is 0.403 e. The number of nitrogens with two attached hydrogens (primary N) is 1. The number of hydrogen-bond donors (Lipinski definition) is 1. The lowest BCUT2D eigenvalue weighted by Gasteiger charge is -2.14. The third kappa shape index (κ3) is 3.49.